The Bertz CT molecular complexity index is 141. The Hall–Kier alpha value is 0.210. The quantitative estimate of drug-likeness (QED) is 0.506. The molecule has 1 saturated carbocycles. The van der Waals surface area contributed by atoms with Crippen LogP contribution >= 0.6 is 11.6 Å². The van der Waals surface area contributed by atoms with Crippen molar-refractivity contribution in [3.05, 3.63) is 0 Å². The molecule has 14 heavy (non-hydrogen) atoms. The topological polar surface area (TPSA) is 18.5 Å². The van der Waals surface area contributed by atoms with Gasteiger partial charge in [-0.25, -0.2) is 0 Å². The molecule has 0 amide bonds. The lowest BCUT2D eigenvalue weighted by molar-refractivity contribution is -0.0160. The lowest BCUT2D eigenvalue weighted by Gasteiger charge is -2.26. The van der Waals surface area contributed by atoms with Gasteiger partial charge in [-0.15, -0.1) is 11.6 Å². The first kappa shape index (κ1) is 12.3. The number of hydrogen-bond acceptors (Lipinski definition) is 2. The molecule has 1 rings (SSSR count). The summed E-state index contributed by atoms with van der Waals surface area (Å²) in [5.41, 5.74) is 0. The summed E-state index contributed by atoms with van der Waals surface area (Å²) in [7, 11) is 0. The maximum Gasteiger partial charge on any atom is 0.0704 e. The Morgan fingerprint density at radius 2 is 2.07 bits per heavy atom. The fourth-order valence-corrected chi connectivity index (χ4v) is 2.07. The van der Waals surface area contributed by atoms with Gasteiger partial charge >= 0.3 is 0 Å². The van der Waals surface area contributed by atoms with E-state index in [9.17, 15) is 0 Å². The van der Waals surface area contributed by atoms with E-state index in [4.69, 9.17) is 21.1 Å². The van der Waals surface area contributed by atoms with E-state index in [0.29, 0.717) is 31.8 Å². The smallest absolute Gasteiger partial charge is 0.0704 e. The van der Waals surface area contributed by atoms with Crippen LogP contribution in [0, 0.1) is 5.92 Å². The normalized spacial score (nSPS) is 27.9. The van der Waals surface area contributed by atoms with Crippen molar-refractivity contribution in [1.29, 1.82) is 0 Å². The van der Waals surface area contributed by atoms with E-state index in [1.54, 1.807) is 0 Å². The van der Waals surface area contributed by atoms with E-state index in [1.807, 2.05) is 0 Å². The van der Waals surface area contributed by atoms with E-state index in [1.165, 1.54) is 25.7 Å². The van der Waals surface area contributed by atoms with Crippen molar-refractivity contribution in [2.75, 3.05) is 25.7 Å². The van der Waals surface area contributed by atoms with Crippen LogP contribution in [0.1, 0.15) is 32.6 Å². The largest absolute Gasteiger partial charge is 0.378 e. The summed E-state index contributed by atoms with van der Waals surface area (Å²) in [6.45, 7) is 4.33. The van der Waals surface area contributed by atoms with Crippen LogP contribution in [0.4, 0.5) is 0 Å². The lowest BCUT2D eigenvalue weighted by Crippen LogP contribution is -2.23. The van der Waals surface area contributed by atoms with E-state index in [-0.39, 0.29) is 0 Å². The predicted octanol–water partition coefficient (Wildman–Crippen LogP) is 2.84. The molecular weight excluding hydrogens is 200 g/mol. The number of hydrogen-bond donors (Lipinski definition) is 0. The number of halogens is 1. The van der Waals surface area contributed by atoms with Gasteiger partial charge in [0.1, 0.15) is 0 Å². The molecule has 1 aliphatic rings. The van der Waals surface area contributed by atoms with Crippen LogP contribution in [0.15, 0.2) is 0 Å². The van der Waals surface area contributed by atoms with Crippen LogP contribution < -0.4 is 0 Å². The van der Waals surface area contributed by atoms with Gasteiger partial charge < -0.3 is 9.47 Å². The van der Waals surface area contributed by atoms with E-state index in [0.717, 1.165) is 5.92 Å². The first-order valence-electron chi connectivity index (χ1n) is 5.58. The molecule has 3 heteroatoms. The van der Waals surface area contributed by atoms with Crippen LogP contribution in [0.2, 0.25) is 0 Å². The maximum atomic E-state index is 5.73. The number of alkyl halides is 1. The first-order chi connectivity index (χ1) is 6.83. The molecule has 0 spiro atoms. The van der Waals surface area contributed by atoms with Crippen LogP contribution in [0.3, 0.4) is 0 Å². The summed E-state index contributed by atoms with van der Waals surface area (Å²) in [5, 5.41) is 0. The molecule has 2 nitrogen and oxygen atoms in total. The molecule has 1 fully saturated rings. The molecule has 0 N–H and O–H groups in total. The minimum Gasteiger partial charge on any atom is -0.378 e. The highest BCUT2D eigenvalue weighted by Crippen LogP contribution is 2.25. The highest BCUT2D eigenvalue weighted by molar-refractivity contribution is 6.17. The van der Waals surface area contributed by atoms with Crippen molar-refractivity contribution >= 4 is 11.6 Å². The Kier molecular flexibility index (Phi) is 6.57. The van der Waals surface area contributed by atoms with E-state index >= 15 is 0 Å². The average molecular weight is 221 g/mol. The second kappa shape index (κ2) is 7.49. The molecule has 0 bridgehead atoms. The van der Waals surface area contributed by atoms with Gasteiger partial charge in [-0.3, -0.25) is 0 Å². The van der Waals surface area contributed by atoms with E-state index < -0.39 is 0 Å². The van der Waals surface area contributed by atoms with Gasteiger partial charge in [0.2, 0.25) is 0 Å². The molecule has 0 heterocycles. The zero-order chi connectivity index (χ0) is 10.2. The molecule has 0 aromatic rings. The van der Waals surface area contributed by atoms with Crippen molar-refractivity contribution in [3.63, 3.8) is 0 Å². The summed E-state index contributed by atoms with van der Waals surface area (Å²) < 4.78 is 11.0. The minimum atomic E-state index is 0.471. The first-order valence-corrected chi connectivity index (χ1v) is 6.11. The fourth-order valence-electron chi connectivity index (χ4n) is 1.96. The van der Waals surface area contributed by atoms with E-state index in [2.05, 4.69) is 6.92 Å². The Morgan fingerprint density at radius 1 is 1.21 bits per heavy atom. The summed E-state index contributed by atoms with van der Waals surface area (Å²) >= 11 is 5.48. The third-order valence-electron chi connectivity index (χ3n) is 2.69. The third-order valence-corrected chi connectivity index (χ3v) is 2.85. The molecule has 0 radical (unpaired) electrons. The van der Waals surface area contributed by atoms with Gasteiger partial charge in [-0.1, -0.05) is 19.8 Å². The second-order valence-electron chi connectivity index (χ2n) is 4.07. The van der Waals surface area contributed by atoms with Gasteiger partial charge in [-0.05, 0) is 18.8 Å². The zero-order valence-electron chi connectivity index (χ0n) is 9.01. The molecule has 2 atom stereocenters. The fraction of sp³-hybridized carbons (Fsp3) is 1.00. The van der Waals surface area contributed by atoms with Crippen LogP contribution in [0.25, 0.3) is 0 Å². The van der Waals surface area contributed by atoms with Crippen molar-refractivity contribution in [2.45, 2.75) is 38.7 Å². The third kappa shape index (κ3) is 5.18. The van der Waals surface area contributed by atoms with Crippen LogP contribution in [-0.2, 0) is 9.47 Å². The monoisotopic (exact) mass is 220 g/mol. The number of rotatable bonds is 6. The Labute approximate surface area is 91.9 Å². The summed E-state index contributed by atoms with van der Waals surface area (Å²) in [4.78, 5) is 0. The van der Waals surface area contributed by atoms with Crippen molar-refractivity contribution in [2.24, 2.45) is 5.92 Å². The summed E-state index contributed by atoms with van der Waals surface area (Å²) in [6.07, 6.45) is 5.59. The van der Waals surface area contributed by atoms with Gasteiger partial charge in [0, 0.05) is 5.88 Å². The van der Waals surface area contributed by atoms with Crippen molar-refractivity contribution in [1.82, 2.24) is 0 Å². The average Bonchev–Trinajstić information content (AvgIpc) is 2.18. The zero-order valence-corrected chi connectivity index (χ0v) is 9.76. The van der Waals surface area contributed by atoms with Gasteiger partial charge in [0.15, 0.2) is 0 Å². The SMILES string of the molecule is CC1CCCC(OCCOCCCl)C1. The summed E-state index contributed by atoms with van der Waals surface area (Å²) in [6, 6.07) is 0. The molecular formula is C11H21ClO2. The standard InChI is InChI=1S/C11H21ClO2/c1-10-3-2-4-11(9-10)14-8-7-13-6-5-12/h10-11H,2-9H2,1H3. The Balaban J connectivity index is 1.95. The van der Waals surface area contributed by atoms with Gasteiger partial charge in [0.05, 0.1) is 25.9 Å². The Morgan fingerprint density at radius 3 is 2.79 bits per heavy atom. The lowest BCUT2D eigenvalue weighted by atomic mass is 9.89. The van der Waals surface area contributed by atoms with Crippen molar-refractivity contribution < 1.29 is 9.47 Å². The molecule has 0 saturated heterocycles. The van der Waals surface area contributed by atoms with Crippen LogP contribution in [0.5, 0.6) is 0 Å². The van der Waals surface area contributed by atoms with Crippen LogP contribution in [-0.4, -0.2) is 31.8 Å². The van der Waals surface area contributed by atoms with Gasteiger partial charge in [-0.2, -0.15) is 0 Å². The number of ether oxygens (including phenoxy) is 2. The van der Waals surface area contributed by atoms with Gasteiger partial charge in [0.25, 0.3) is 0 Å². The predicted molar refractivity (Wildman–Crippen MR) is 58.9 cm³/mol. The molecule has 2 unspecified atom stereocenters. The molecule has 84 valence electrons. The van der Waals surface area contributed by atoms with Crippen molar-refractivity contribution in [3.8, 4) is 0 Å². The molecule has 1 aliphatic carbocycles. The molecule has 0 aliphatic heterocycles. The maximum absolute atomic E-state index is 5.73. The minimum absolute atomic E-state index is 0.471. The highest BCUT2D eigenvalue weighted by atomic mass is 35.5. The highest BCUT2D eigenvalue weighted by Gasteiger charge is 2.18. The molecule has 0 aromatic heterocycles. The second-order valence-corrected chi connectivity index (χ2v) is 4.44. The summed E-state index contributed by atoms with van der Waals surface area (Å²) in [5.74, 6) is 1.40. The molecule has 0 aromatic carbocycles.